The third kappa shape index (κ3) is 55.6. The molecule has 1 saturated heterocycles. The molecule has 53 heteroatoms. The fourth-order valence-corrected chi connectivity index (χ4v) is 9.05. The molecule has 5 aromatic rings. The second-order valence-electron chi connectivity index (χ2n) is 26.9. The number of nitrogens with one attached hydrogen (secondary N) is 1. The second-order valence-corrected chi connectivity index (χ2v) is 29.5. The van der Waals surface area contributed by atoms with Gasteiger partial charge in [-0.15, -0.1) is 43.0 Å². The summed E-state index contributed by atoms with van der Waals surface area (Å²) in [5, 5.41) is 79.1. The molecular formula is C65H98BCl8F15N18O11. The number of hydrogen-bond donors (Lipinski definition) is 11. The Morgan fingerprint density at radius 2 is 0.890 bits per heavy atom. The van der Waals surface area contributed by atoms with Gasteiger partial charge in [-0.3, -0.25) is 9.59 Å². The number of alkyl halides is 15. The summed E-state index contributed by atoms with van der Waals surface area (Å²) in [4.78, 5) is 39.4. The lowest BCUT2D eigenvalue weighted by molar-refractivity contribution is -0.207. The van der Waals surface area contributed by atoms with E-state index in [0.29, 0.717) is 96.1 Å². The molecule has 0 aliphatic carbocycles. The van der Waals surface area contributed by atoms with E-state index >= 15 is 0 Å². The van der Waals surface area contributed by atoms with Crippen LogP contribution in [0.1, 0.15) is 91.7 Å². The minimum absolute atomic E-state index is 0. The summed E-state index contributed by atoms with van der Waals surface area (Å²) in [5.74, 6) is 0.532. The zero-order valence-electron chi connectivity index (χ0n) is 65.4. The summed E-state index contributed by atoms with van der Waals surface area (Å²) in [6.45, 7) is 11.2. The molecule has 6 rings (SSSR count). The van der Waals surface area contributed by atoms with Gasteiger partial charge in [0.1, 0.15) is 16.9 Å². The number of likely N-dealkylation sites (N-methyl/N-ethyl adjacent to an activating group) is 4. The van der Waals surface area contributed by atoms with Crippen LogP contribution in [-0.2, 0) is 36.6 Å². The lowest BCUT2D eigenvalue weighted by Crippen LogP contribution is -2.40. The summed E-state index contributed by atoms with van der Waals surface area (Å²) in [6.07, 6.45) is -29.7. The van der Waals surface area contributed by atoms with Crippen LogP contribution in [0.15, 0.2) is 36.4 Å². The van der Waals surface area contributed by atoms with Crippen molar-refractivity contribution >= 4 is 136 Å². The number of nitrogens with two attached hydrogens (primary N) is 4. The van der Waals surface area contributed by atoms with Crippen molar-refractivity contribution in [3.05, 3.63) is 83.7 Å². The molecule has 1 aliphatic rings. The number of halogens is 23. The third-order valence-corrected chi connectivity index (χ3v) is 16.0. The molecule has 29 nitrogen and oxygen atoms in total. The number of anilines is 3. The zero-order chi connectivity index (χ0) is 91.0. The fourth-order valence-electron chi connectivity index (χ4n) is 7.97. The average molecular weight is 1890 g/mol. The number of ether oxygens (including phenoxy) is 3. The molecule has 0 saturated carbocycles. The number of benzene rings is 2. The van der Waals surface area contributed by atoms with Crippen LogP contribution in [0.5, 0.6) is 0 Å². The largest absolute Gasteiger partial charge is 0.490 e. The standard InChI is InChI=1S/C16H18Cl2F3N5O.C12H22F3NO3.C10H15ClF3N5O.C9H19NO2.C6H5BCl2O2.C6H13F3N2O.C3H2Cl2N4.C3H3F3O.ClH/c1-26(8-11(27)16(19,20)21)7-3-6-12-23-15(22)14(25-24-12)9-4-2-5-10(17)13(9)18;1-11(2,3)19-10(18)6-5-7-16(4)8-9(17)12(13,14)15;1-19(5-6(20)10(12,13)14)4-2-3-7-16-9(15)8(11)18-17-7;1-9(2,3)12-8(11)6-5-7-10-4;8-5-3-1-2-4(6(5)9)7(10)11;1-11(3-2-10)4-5(12)6(7,8)9;4-1-2(6)7-3(5)9-8-1;4-3(5,6)2-1-7-2;/h2,4-5,11,27H,3,6-8H2,1H3,(H2,22,23,24);9,17H,5-8H2,1-4H3;6,20H,2-5H2,1H3,(H2,15,16,17);10H,5-7H2,1-4H3;1-3,10-11H;5,12H,2-4,10H2,1H3;(H2,6,7,9);2H,1H2;1H/t11-;9-;6-;;;5-;;2-;/m000..0.0./s1. The van der Waals surface area contributed by atoms with Crippen LogP contribution in [0.3, 0.4) is 0 Å². The van der Waals surface area contributed by atoms with E-state index in [9.17, 15) is 75.4 Å². The minimum atomic E-state index is -4.63. The number of hydrogen-bond acceptors (Lipinski definition) is 29. The maximum absolute atomic E-state index is 12.3. The highest BCUT2D eigenvalue weighted by atomic mass is 35.5. The van der Waals surface area contributed by atoms with E-state index in [2.05, 4.69) is 55.6 Å². The number of esters is 2. The Morgan fingerprint density at radius 3 is 1.21 bits per heavy atom. The monoisotopic (exact) mass is 1880 g/mol. The highest BCUT2D eigenvalue weighted by molar-refractivity contribution is 6.64. The summed E-state index contributed by atoms with van der Waals surface area (Å²) >= 11 is 39.6. The van der Waals surface area contributed by atoms with Gasteiger partial charge in [0.05, 0.1) is 26.7 Å². The Balaban J connectivity index is -0.00000132. The normalized spacial score (nSPS) is 13.8. The van der Waals surface area contributed by atoms with Gasteiger partial charge in [0.15, 0.2) is 69.9 Å². The van der Waals surface area contributed by atoms with Crippen LogP contribution in [0.25, 0.3) is 11.3 Å². The molecule has 3 aromatic heterocycles. The van der Waals surface area contributed by atoms with Crippen molar-refractivity contribution in [2.75, 3.05) is 124 Å². The lowest BCUT2D eigenvalue weighted by Gasteiger charge is -2.22. The number of nitrogens with zero attached hydrogens (tertiary/aromatic N) is 13. The zero-order valence-corrected chi connectivity index (χ0v) is 71.5. The molecule has 0 spiro atoms. The van der Waals surface area contributed by atoms with Gasteiger partial charge in [-0.05, 0) is 152 Å². The average Bonchev–Trinajstić information content (AvgIpc) is 0.891. The van der Waals surface area contributed by atoms with E-state index in [1.165, 1.54) is 53.9 Å². The quantitative estimate of drug-likeness (QED) is 0.00729. The van der Waals surface area contributed by atoms with Crippen LogP contribution in [0.2, 0.25) is 35.7 Å². The highest BCUT2D eigenvalue weighted by Crippen LogP contribution is 2.35. The lowest BCUT2D eigenvalue weighted by atomic mass is 9.80. The Labute approximate surface area is 713 Å². The molecule has 0 radical (unpaired) electrons. The van der Waals surface area contributed by atoms with E-state index in [4.69, 9.17) is 144 Å². The Bertz CT molecular complexity index is 3680. The van der Waals surface area contributed by atoms with Gasteiger partial charge in [-0.2, -0.15) is 70.8 Å². The van der Waals surface area contributed by atoms with Gasteiger partial charge >= 0.3 is 49.9 Å². The van der Waals surface area contributed by atoms with E-state index in [1.807, 2.05) is 27.8 Å². The summed E-state index contributed by atoms with van der Waals surface area (Å²) in [5.41, 5.74) is 21.8. The van der Waals surface area contributed by atoms with E-state index in [0.717, 1.165) is 13.0 Å². The molecule has 15 N–H and O–H groups in total. The van der Waals surface area contributed by atoms with Gasteiger partial charge in [0.2, 0.25) is 5.28 Å². The van der Waals surface area contributed by atoms with Crippen molar-refractivity contribution in [1.29, 1.82) is 0 Å². The summed E-state index contributed by atoms with van der Waals surface area (Å²) in [6, 6.07) is 9.70. The highest BCUT2D eigenvalue weighted by Gasteiger charge is 2.49. The number of epoxide rings is 1. The van der Waals surface area contributed by atoms with Crippen LogP contribution in [0, 0.1) is 0 Å². The molecule has 5 atom stereocenters. The van der Waals surface area contributed by atoms with Crippen molar-refractivity contribution in [2.45, 2.75) is 166 Å². The first kappa shape index (κ1) is 117. The number of nitrogen functional groups attached to an aromatic ring is 3. The number of aryl methyl sites for hydroxylation is 2. The predicted octanol–water partition coefficient (Wildman–Crippen LogP) is 10.0. The van der Waals surface area contributed by atoms with Crippen LogP contribution >= 0.6 is 93.6 Å². The number of rotatable bonds is 28. The van der Waals surface area contributed by atoms with Crippen molar-refractivity contribution < 1.29 is 120 Å². The van der Waals surface area contributed by atoms with Crippen molar-refractivity contribution in [1.82, 2.24) is 70.5 Å². The molecular weight excluding hydrogens is 1790 g/mol. The van der Waals surface area contributed by atoms with Gasteiger partial charge < -0.3 is 92.5 Å². The molecule has 678 valence electrons. The molecule has 2 aromatic carbocycles. The van der Waals surface area contributed by atoms with E-state index in [-0.39, 0.29) is 99.6 Å². The number of aliphatic hydroxyl groups excluding tert-OH is 4. The number of aromatic nitrogens is 9. The van der Waals surface area contributed by atoms with Gasteiger partial charge in [-0.1, -0.05) is 93.9 Å². The second kappa shape index (κ2) is 56.4. The van der Waals surface area contributed by atoms with Crippen LogP contribution in [0.4, 0.5) is 83.3 Å². The van der Waals surface area contributed by atoms with E-state index in [1.54, 1.807) is 51.1 Å². The molecule has 1 aliphatic heterocycles. The molecule has 4 heterocycles. The summed E-state index contributed by atoms with van der Waals surface area (Å²) in [7, 11) is 6.22. The van der Waals surface area contributed by atoms with E-state index < -0.39 is 100 Å². The fraction of sp³-hybridized carbons (Fsp3) is 0.646. The summed E-state index contributed by atoms with van der Waals surface area (Å²) < 4.78 is 192. The van der Waals surface area contributed by atoms with Gasteiger partial charge in [-0.25, -0.2) is 9.97 Å². The van der Waals surface area contributed by atoms with Crippen LogP contribution < -0.4 is 33.7 Å². The van der Waals surface area contributed by atoms with Crippen molar-refractivity contribution in [2.24, 2.45) is 5.73 Å². The van der Waals surface area contributed by atoms with Crippen molar-refractivity contribution in [3.63, 3.8) is 0 Å². The minimum Gasteiger partial charge on any atom is -0.460 e. The number of carbonyl (C=O) groups is 2. The first-order valence-corrected chi connectivity index (χ1v) is 37.0. The Morgan fingerprint density at radius 1 is 0.534 bits per heavy atom. The smallest absolute Gasteiger partial charge is 0.460 e. The van der Waals surface area contributed by atoms with Gasteiger partial charge in [0.25, 0.3) is 0 Å². The van der Waals surface area contributed by atoms with Crippen molar-refractivity contribution in [3.8, 4) is 11.3 Å². The molecule has 1 fully saturated rings. The Kier molecular flexibility index (Phi) is 55.8. The molecule has 0 unspecified atom stereocenters. The topological polar surface area (TPSA) is 432 Å². The maximum atomic E-state index is 12.3. The first-order valence-electron chi connectivity index (χ1n) is 34.4. The first-order chi connectivity index (χ1) is 53.5. The van der Waals surface area contributed by atoms with Gasteiger partial charge in [0, 0.05) is 76.0 Å². The SMILES string of the molecule is CN(CCCC(=O)OC(C)(C)C)C[C@H](O)C(F)(F)F.CN(CCCc1nnc(-c2cccc(Cl)c2Cl)c(N)n1)C[C@H](O)C(F)(F)F.CN(CCCc1nnc(Cl)c(N)n1)C[C@H](O)C(F)(F)F.CN(CCN)C[C@H](O)C(F)(F)F.CNCCCC(=O)OC(C)(C)C.Cl.FC(F)(F)[C@@H]1CO1.Nc1nc(Cl)nnc1Cl.OB(O)c1cccc(Cl)c1Cl. The Hall–Kier alpha value is -5.38. The maximum Gasteiger partial charge on any atom is 0.490 e. The third-order valence-electron chi connectivity index (χ3n) is 13.7. The predicted molar refractivity (Wildman–Crippen MR) is 421 cm³/mol. The van der Waals surface area contributed by atoms with Crippen LogP contribution in [-0.4, -0.2) is 295 Å². The number of carbonyl (C=O) groups excluding carboxylic acids is 2. The number of aliphatic hydroxyl groups is 4. The molecule has 118 heavy (non-hydrogen) atoms. The molecule has 0 bridgehead atoms. The molecule has 0 amide bonds.